The van der Waals surface area contributed by atoms with Gasteiger partial charge in [-0.05, 0) is 32.4 Å². The van der Waals surface area contributed by atoms with Crippen molar-refractivity contribution in [3.05, 3.63) is 28.8 Å². The third-order valence-electron chi connectivity index (χ3n) is 2.53. The molecule has 2 aromatic rings. The lowest BCUT2D eigenvalue weighted by molar-refractivity contribution is 0.436. The van der Waals surface area contributed by atoms with Crippen LogP contribution in [-0.2, 0) is 6.54 Å². The molecule has 0 aliphatic rings. The second-order valence-electron chi connectivity index (χ2n) is 4.69. The molecular formula is C11H16N4O. The van der Waals surface area contributed by atoms with Crippen LogP contribution in [0.1, 0.15) is 20.3 Å². The van der Waals surface area contributed by atoms with Gasteiger partial charge in [-0.2, -0.15) is 0 Å². The molecule has 0 aromatic carbocycles. The number of rotatable bonds is 3. The van der Waals surface area contributed by atoms with E-state index in [1.54, 1.807) is 10.8 Å². The molecule has 0 atom stereocenters. The predicted molar refractivity (Wildman–Crippen MR) is 63.2 cm³/mol. The van der Waals surface area contributed by atoms with Crippen molar-refractivity contribution in [2.24, 2.45) is 5.73 Å². The summed E-state index contributed by atoms with van der Waals surface area (Å²) in [5.41, 5.74) is 6.96. The molecule has 0 aliphatic heterocycles. The van der Waals surface area contributed by atoms with Gasteiger partial charge in [0.15, 0.2) is 5.65 Å². The second kappa shape index (κ2) is 3.75. The van der Waals surface area contributed by atoms with Gasteiger partial charge < -0.3 is 5.73 Å². The average Bonchev–Trinajstić information content (AvgIpc) is 2.49. The van der Waals surface area contributed by atoms with Crippen LogP contribution in [0.3, 0.4) is 0 Å². The fraction of sp³-hybridized carbons (Fsp3) is 0.455. The smallest absolute Gasteiger partial charge is 0.325 e. The minimum absolute atomic E-state index is 0.127. The van der Waals surface area contributed by atoms with Crippen LogP contribution in [0.5, 0.6) is 0 Å². The zero-order valence-electron chi connectivity index (χ0n) is 9.53. The number of nitrogens with two attached hydrogens (primary N) is 1. The fourth-order valence-corrected chi connectivity index (χ4v) is 1.61. The number of hydrogen-bond acceptors (Lipinski definition) is 3. The van der Waals surface area contributed by atoms with Crippen LogP contribution < -0.4 is 11.4 Å². The first-order valence-electron chi connectivity index (χ1n) is 5.30. The molecule has 5 heteroatoms. The molecule has 0 amide bonds. The summed E-state index contributed by atoms with van der Waals surface area (Å²) in [4.78, 5) is 18.5. The van der Waals surface area contributed by atoms with E-state index in [4.69, 9.17) is 5.73 Å². The number of nitrogens with zero attached hydrogens (tertiary/aromatic N) is 2. The molecule has 0 spiro atoms. The SMILES string of the molecule is CC(C)(N)CCn1c(=O)[nH]c2ncccc21. The number of pyridine rings is 1. The number of fused-ring (bicyclic) bond motifs is 1. The van der Waals surface area contributed by atoms with Gasteiger partial charge in [0, 0.05) is 18.3 Å². The Bertz CT molecular complexity index is 547. The summed E-state index contributed by atoms with van der Waals surface area (Å²) in [6.07, 6.45) is 2.41. The summed E-state index contributed by atoms with van der Waals surface area (Å²) in [6, 6.07) is 3.70. The Morgan fingerprint density at radius 3 is 3.00 bits per heavy atom. The van der Waals surface area contributed by atoms with Crippen LogP contribution in [0, 0.1) is 0 Å². The van der Waals surface area contributed by atoms with Crippen LogP contribution in [0.15, 0.2) is 23.1 Å². The highest BCUT2D eigenvalue weighted by atomic mass is 16.1. The van der Waals surface area contributed by atoms with E-state index in [1.165, 1.54) is 0 Å². The maximum atomic E-state index is 11.7. The normalized spacial score (nSPS) is 12.2. The van der Waals surface area contributed by atoms with Gasteiger partial charge in [-0.1, -0.05) is 0 Å². The molecule has 0 unspecified atom stereocenters. The third kappa shape index (κ3) is 2.14. The van der Waals surface area contributed by atoms with Crippen molar-refractivity contribution in [2.75, 3.05) is 0 Å². The van der Waals surface area contributed by atoms with Crippen molar-refractivity contribution in [3.63, 3.8) is 0 Å². The van der Waals surface area contributed by atoms with Crippen molar-refractivity contribution in [1.29, 1.82) is 0 Å². The van der Waals surface area contributed by atoms with Gasteiger partial charge in [0.1, 0.15) is 0 Å². The van der Waals surface area contributed by atoms with Gasteiger partial charge >= 0.3 is 5.69 Å². The third-order valence-corrected chi connectivity index (χ3v) is 2.53. The first-order valence-corrected chi connectivity index (χ1v) is 5.30. The van der Waals surface area contributed by atoms with Gasteiger partial charge in [-0.25, -0.2) is 9.78 Å². The molecule has 2 heterocycles. The van der Waals surface area contributed by atoms with E-state index < -0.39 is 0 Å². The zero-order chi connectivity index (χ0) is 11.8. The first-order chi connectivity index (χ1) is 7.47. The second-order valence-corrected chi connectivity index (χ2v) is 4.69. The summed E-state index contributed by atoms with van der Waals surface area (Å²) >= 11 is 0. The monoisotopic (exact) mass is 220 g/mol. The molecule has 0 bridgehead atoms. The van der Waals surface area contributed by atoms with E-state index in [0.717, 1.165) is 11.9 Å². The minimum atomic E-state index is -0.273. The maximum absolute atomic E-state index is 11.7. The summed E-state index contributed by atoms with van der Waals surface area (Å²) < 4.78 is 1.68. The van der Waals surface area contributed by atoms with E-state index in [0.29, 0.717) is 12.2 Å². The fourth-order valence-electron chi connectivity index (χ4n) is 1.61. The standard InChI is InChI=1S/C11H16N4O/c1-11(2,12)5-7-15-8-4-3-6-13-9(8)14-10(15)16/h3-4,6H,5,7,12H2,1-2H3,(H,13,14,16). The highest BCUT2D eigenvalue weighted by Gasteiger charge is 2.13. The van der Waals surface area contributed by atoms with E-state index in [2.05, 4.69) is 9.97 Å². The molecule has 16 heavy (non-hydrogen) atoms. The lowest BCUT2D eigenvalue weighted by atomic mass is 10.0. The first kappa shape index (κ1) is 10.9. The largest absolute Gasteiger partial charge is 0.327 e. The maximum Gasteiger partial charge on any atom is 0.327 e. The van der Waals surface area contributed by atoms with E-state index in [1.807, 2.05) is 26.0 Å². The van der Waals surface area contributed by atoms with Crippen molar-refractivity contribution in [3.8, 4) is 0 Å². The minimum Gasteiger partial charge on any atom is -0.325 e. The van der Waals surface area contributed by atoms with Crippen molar-refractivity contribution < 1.29 is 0 Å². The van der Waals surface area contributed by atoms with E-state index in [-0.39, 0.29) is 11.2 Å². The van der Waals surface area contributed by atoms with Gasteiger partial charge in [-0.15, -0.1) is 0 Å². The molecule has 0 radical (unpaired) electrons. The Balaban J connectivity index is 2.37. The quantitative estimate of drug-likeness (QED) is 0.805. The Hall–Kier alpha value is -1.62. The molecule has 2 rings (SSSR count). The molecule has 0 saturated heterocycles. The molecule has 3 N–H and O–H groups in total. The van der Waals surface area contributed by atoms with Gasteiger partial charge in [0.25, 0.3) is 0 Å². The summed E-state index contributed by atoms with van der Waals surface area (Å²) in [5, 5.41) is 0. The number of aryl methyl sites for hydroxylation is 1. The number of nitrogens with one attached hydrogen (secondary N) is 1. The lowest BCUT2D eigenvalue weighted by Crippen LogP contribution is -2.34. The number of imidazole rings is 1. The van der Waals surface area contributed by atoms with Crippen LogP contribution in [0.2, 0.25) is 0 Å². The van der Waals surface area contributed by atoms with Crippen molar-refractivity contribution in [1.82, 2.24) is 14.5 Å². The van der Waals surface area contributed by atoms with Gasteiger partial charge in [-0.3, -0.25) is 9.55 Å². The zero-order valence-corrected chi connectivity index (χ0v) is 9.53. The van der Waals surface area contributed by atoms with Gasteiger partial charge in [0.05, 0.1) is 5.52 Å². The van der Waals surface area contributed by atoms with E-state index in [9.17, 15) is 4.79 Å². The average molecular weight is 220 g/mol. The number of hydrogen-bond donors (Lipinski definition) is 2. The van der Waals surface area contributed by atoms with Crippen LogP contribution in [-0.4, -0.2) is 20.1 Å². The number of aromatic amines is 1. The molecular weight excluding hydrogens is 204 g/mol. The van der Waals surface area contributed by atoms with Crippen molar-refractivity contribution in [2.45, 2.75) is 32.4 Å². The Morgan fingerprint density at radius 1 is 1.56 bits per heavy atom. The number of H-pyrrole nitrogens is 1. The molecule has 2 aromatic heterocycles. The molecule has 0 fully saturated rings. The lowest BCUT2D eigenvalue weighted by Gasteiger charge is -2.18. The molecule has 5 nitrogen and oxygen atoms in total. The topological polar surface area (TPSA) is 76.7 Å². The predicted octanol–water partition coefficient (Wildman–Crippen LogP) is 0.852. The molecule has 0 aliphatic carbocycles. The molecule has 86 valence electrons. The Labute approximate surface area is 93.3 Å². The van der Waals surface area contributed by atoms with E-state index >= 15 is 0 Å². The van der Waals surface area contributed by atoms with Crippen LogP contribution in [0.25, 0.3) is 11.2 Å². The summed E-state index contributed by atoms with van der Waals surface area (Å²) in [6.45, 7) is 4.50. The highest BCUT2D eigenvalue weighted by Crippen LogP contribution is 2.10. The summed E-state index contributed by atoms with van der Waals surface area (Å²) in [5.74, 6) is 0. The highest BCUT2D eigenvalue weighted by molar-refractivity contribution is 5.70. The van der Waals surface area contributed by atoms with Gasteiger partial charge in [0.2, 0.25) is 0 Å². The molecule has 0 saturated carbocycles. The van der Waals surface area contributed by atoms with Crippen molar-refractivity contribution >= 4 is 11.2 Å². The Morgan fingerprint density at radius 2 is 2.31 bits per heavy atom. The number of aromatic nitrogens is 3. The van der Waals surface area contributed by atoms with Crippen LogP contribution in [0.4, 0.5) is 0 Å². The summed E-state index contributed by atoms with van der Waals surface area (Å²) in [7, 11) is 0. The van der Waals surface area contributed by atoms with Crippen LogP contribution >= 0.6 is 0 Å². The Kier molecular flexibility index (Phi) is 2.55.